The van der Waals surface area contributed by atoms with E-state index in [1.54, 1.807) is 4.90 Å². The third kappa shape index (κ3) is 2.33. The maximum Gasteiger partial charge on any atom is 0.270 e. The number of nitrogens with one attached hydrogen (secondary N) is 1. The highest BCUT2D eigenvalue weighted by Crippen LogP contribution is 2.41. The van der Waals surface area contributed by atoms with Gasteiger partial charge in [0.05, 0.1) is 5.69 Å². The highest BCUT2D eigenvalue weighted by atomic mass is 16.5. The van der Waals surface area contributed by atoms with Crippen LogP contribution in [-0.4, -0.2) is 44.7 Å². The van der Waals surface area contributed by atoms with Crippen LogP contribution in [-0.2, 0) is 4.79 Å². The maximum absolute atomic E-state index is 12.7. The Balaban J connectivity index is 1.95. The zero-order chi connectivity index (χ0) is 15.7. The zero-order valence-electron chi connectivity index (χ0n) is 13.7. The van der Waals surface area contributed by atoms with Gasteiger partial charge in [-0.1, -0.05) is 13.8 Å². The molecule has 1 aromatic carbocycles. The number of likely N-dealkylation sites (N-methyl/N-ethyl adjacent to an activating group) is 1. The molecule has 1 N–H and O–H groups in total. The van der Waals surface area contributed by atoms with E-state index in [1.165, 1.54) is 0 Å². The van der Waals surface area contributed by atoms with Gasteiger partial charge in [-0.15, -0.1) is 0 Å². The lowest BCUT2D eigenvalue weighted by Crippen LogP contribution is -2.54. The monoisotopic (exact) mass is 303 g/mol. The maximum atomic E-state index is 12.7. The predicted octanol–water partition coefficient (Wildman–Crippen LogP) is 2.01. The van der Waals surface area contributed by atoms with Crippen molar-refractivity contribution in [1.29, 1.82) is 0 Å². The molecule has 2 aliphatic rings. The van der Waals surface area contributed by atoms with E-state index in [1.807, 2.05) is 27.0 Å². The summed E-state index contributed by atoms with van der Waals surface area (Å²) in [5.74, 6) is 0.868. The van der Waals surface area contributed by atoms with Gasteiger partial charge in [0.15, 0.2) is 5.60 Å². The summed E-state index contributed by atoms with van der Waals surface area (Å²) in [5, 5.41) is 3.36. The van der Waals surface area contributed by atoms with E-state index in [4.69, 9.17) is 4.74 Å². The number of hydrogen-bond acceptors (Lipinski definition) is 4. The summed E-state index contributed by atoms with van der Waals surface area (Å²) in [4.78, 5) is 16.8. The number of rotatable bonds is 3. The molecule has 5 heteroatoms. The van der Waals surface area contributed by atoms with Crippen LogP contribution in [0.15, 0.2) is 18.2 Å². The Kier molecular flexibility index (Phi) is 4.00. The Morgan fingerprint density at radius 2 is 1.91 bits per heavy atom. The Hall–Kier alpha value is -1.75. The molecule has 0 bridgehead atoms. The van der Waals surface area contributed by atoms with Crippen LogP contribution in [0.2, 0.25) is 0 Å². The van der Waals surface area contributed by atoms with Crippen molar-refractivity contribution < 1.29 is 9.53 Å². The molecule has 0 aliphatic carbocycles. The first-order chi connectivity index (χ1) is 10.6. The fourth-order valence-corrected chi connectivity index (χ4v) is 3.34. The van der Waals surface area contributed by atoms with E-state index in [-0.39, 0.29) is 5.91 Å². The first-order valence-corrected chi connectivity index (χ1v) is 8.18. The van der Waals surface area contributed by atoms with Crippen LogP contribution in [0.4, 0.5) is 11.4 Å². The summed E-state index contributed by atoms with van der Waals surface area (Å²) in [5.41, 5.74) is 1.32. The number of nitrogens with zero attached hydrogens (tertiary/aromatic N) is 2. The molecule has 0 aromatic heterocycles. The number of anilines is 2. The Labute approximate surface area is 132 Å². The minimum Gasteiger partial charge on any atom is -0.475 e. The number of fused-ring (bicyclic) bond motifs is 1. The number of piperazine rings is 1. The lowest BCUT2D eigenvalue weighted by molar-refractivity contribution is -0.135. The Morgan fingerprint density at radius 3 is 2.55 bits per heavy atom. The topological polar surface area (TPSA) is 44.8 Å². The van der Waals surface area contributed by atoms with Crippen molar-refractivity contribution in [2.75, 3.05) is 43.0 Å². The minimum atomic E-state index is -0.710. The molecule has 1 saturated heterocycles. The van der Waals surface area contributed by atoms with Gasteiger partial charge < -0.3 is 19.9 Å². The van der Waals surface area contributed by atoms with E-state index in [9.17, 15) is 4.79 Å². The van der Waals surface area contributed by atoms with Crippen molar-refractivity contribution in [3.63, 3.8) is 0 Å². The second kappa shape index (κ2) is 5.80. The molecular weight excluding hydrogens is 278 g/mol. The van der Waals surface area contributed by atoms with Crippen molar-refractivity contribution in [3.8, 4) is 5.75 Å². The lowest BCUT2D eigenvalue weighted by Gasteiger charge is -2.41. The van der Waals surface area contributed by atoms with Crippen molar-refractivity contribution in [2.45, 2.75) is 32.3 Å². The van der Waals surface area contributed by atoms with Crippen LogP contribution >= 0.6 is 0 Å². The molecule has 0 spiro atoms. The van der Waals surface area contributed by atoms with Crippen LogP contribution in [0.25, 0.3) is 0 Å². The van der Waals surface area contributed by atoms with E-state index in [0.29, 0.717) is 12.8 Å². The summed E-state index contributed by atoms with van der Waals surface area (Å²) in [6, 6.07) is 6.19. The first-order valence-electron chi connectivity index (χ1n) is 8.18. The summed E-state index contributed by atoms with van der Waals surface area (Å²) < 4.78 is 6.12. The zero-order valence-corrected chi connectivity index (χ0v) is 13.7. The summed E-state index contributed by atoms with van der Waals surface area (Å²) >= 11 is 0. The fourth-order valence-electron chi connectivity index (χ4n) is 3.34. The second-order valence-corrected chi connectivity index (χ2v) is 6.06. The highest BCUT2D eigenvalue weighted by Gasteiger charge is 2.44. The largest absolute Gasteiger partial charge is 0.475 e. The lowest BCUT2D eigenvalue weighted by atomic mass is 9.93. The molecule has 1 aromatic rings. The Bertz CT molecular complexity index is 563. The molecule has 0 unspecified atom stereocenters. The van der Waals surface area contributed by atoms with Gasteiger partial charge in [0.1, 0.15) is 5.75 Å². The number of ether oxygens (including phenoxy) is 1. The molecular formula is C17H25N3O2. The molecule has 0 saturated carbocycles. The number of carbonyl (C=O) groups excluding carboxylic acids is 1. The van der Waals surface area contributed by atoms with Crippen molar-refractivity contribution in [2.24, 2.45) is 0 Å². The van der Waals surface area contributed by atoms with Gasteiger partial charge in [-0.3, -0.25) is 4.79 Å². The average molecular weight is 303 g/mol. The number of hydrogen-bond donors (Lipinski definition) is 1. The van der Waals surface area contributed by atoms with Gasteiger partial charge in [0.2, 0.25) is 0 Å². The van der Waals surface area contributed by atoms with Crippen molar-refractivity contribution in [3.05, 3.63) is 18.2 Å². The van der Waals surface area contributed by atoms with E-state index >= 15 is 0 Å². The van der Waals surface area contributed by atoms with E-state index < -0.39 is 5.60 Å². The molecule has 5 nitrogen and oxygen atoms in total. The molecule has 22 heavy (non-hydrogen) atoms. The molecule has 0 atom stereocenters. The highest BCUT2D eigenvalue weighted by molar-refractivity contribution is 6.02. The number of amides is 1. The molecule has 2 aliphatic heterocycles. The molecule has 0 radical (unpaired) electrons. The van der Waals surface area contributed by atoms with Crippen molar-refractivity contribution >= 4 is 17.3 Å². The van der Waals surface area contributed by atoms with Crippen LogP contribution in [0.5, 0.6) is 5.75 Å². The number of benzene rings is 1. The van der Waals surface area contributed by atoms with Gasteiger partial charge in [-0.25, -0.2) is 0 Å². The van der Waals surface area contributed by atoms with Crippen LogP contribution in [0.3, 0.4) is 0 Å². The standard InChI is InChI=1S/C17H25N3O2/c1-4-17(5-2)16(21)19(3)14-12-13(6-7-15(14)22-17)20-10-8-18-9-11-20/h6-7,12,18H,4-5,8-11H2,1-3H3. The minimum absolute atomic E-state index is 0.0578. The van der Waals surface area contributed by atoms with Crippen LogP contribution in [0, 0.1) is 0 Å². The summed E-state index contributed by atoms with van der Waals surface area (Å²) in [6.07, 6.45) is 1.37. The normalized spacial score (nSPS) is 20.6. The molecule has 2 heterocycles. The Morgan fingerprint density at radius 1 is 1.23 bits per heavy atom. The van der Waals surface area contributed by atoms with Gasteiger partial charge in [0, 0.05) is 38.9 Å². The fraction of sp³-hybridized carbons (Fsp3) is 0.588. The van der Waals surface area contributed by atoms with E-state index in [2.05, 4.69) is 22.3 Å². The third-order valence-corrected chi connectivity index (χ3v) is 4.93. The van der Waals surface area contributed by atoms with Gasteiger partial charge in [0.25, 0.3) is 5.91 Å². The predicted molar refractivity (Wildman–Crippen MR) is 88.9 cm³/mol. The average Bonchev–Trinajstić information content (AvgIpc) is 2.59. The van der Waals surface area contributed by atoms with Crippen LogP contribution < -0.4 is 19.9 Å². The second-order valence-electron chi connectivity index (χ2n) is 6.06. The molecule has 120 valence electrons. The van der Waals surface area contributed by atoms with E-state index in [0.717, 1.165) is 43.3 Å². The SMILES string of the molecule is CCC1(CC)Oc2ccc(N3CCNCC3)cc2N(C)C1=O. The number of carbonyl (C=O) groups is 1. The summed E-state index contributed by atoms with van der Waals surface area (Å²) in [7, 11) is 1.85. The molecule has 3 rings (SSSR count). The van der Waals surface area contributed by atoms with Gasteiger partial charge >= 0.3 is 0 Å². The van der Waals surface area contributed by atoms with Crippen molar-refractivity contribution in [1.82, 2.24) is 5.32 Å². The smallest absolute Gasteiger partial charge is 0.270 e. The van der Waals surface area contributed by atoms with Crippen LogP contribution in [0.1, 0.15) is 26.7 Å². The van der Waals surface area contributed by atoms with Gasteiger partial charge in [-0.05, 0) is 31.0 Å². The first kappa shape index (κ1) is 15.2. The summed E-state index contributed by atoms with van der Waals surface area (Å²) in [6.45, 7) is 8.00. The third-order valence-electron chi connectivity index (χ3n) is 4.93. The van der Waals surface area contributed by atoms with Gasteiger partial charge in [-0.2, -0.15) is 0 Å². The molecule has 1 fully saturated rings. The quantitative estimate of drug-likeness (QED) is 0.928. The molecule has 1 amide bonds.